The summed E-state index contributed by atoms with van der Waals surface area (Å²) in [5.74, 6) is 1.29. The Bertz CT molecular complexity index is 2140. The molecule has 0 aliphatic heterocycles. The maximum Gasteiger partial charge on any atom is 0.282 e. The molecule has 0 atom stereocenters. The summed E-state index contributed by atoms with van der Waals surface area (Å²) < 4.78 is 8.93. The van der Waals surface area contributed by atoms with Gasteiger partial charge in [-0.3, -0.25) is 9.59 Å². The van der Waals surface area contributed by atoms with E-state index in [0.717, 1.165) is 50.2 Å². The van der Waals surface area contributed by atoms with E-state index in [0.29, 0.717) is 16.7 Å². The van der Waals surface area contributed by atoms with E-state index in [4.69, 9.17) is 14.8 Å². The number of amides is 1. The molecule has 45 heavy (non-hydrogen) atoms. The molecule has 0 aliphatic carbocycles. The molecule has 0 bridgehead atoms. The molecule has 0 saturated carbocycles. The van der Waals surface area contributed by atoms with Gasteiger partial charge in [0, 0.05) is 33.9 Å². The molecule has 2 aromatic heterocycles. The molecule has 226 valence electrons. The van der Waals surface area contributed by atoms with Crippen LogP contribution in [-0.4, -0.2) is 33.5 Å². The molecule has 0 radical (unpaired) electrons. The van der Waals surface area contributed by atoms with Gasteiger partial charge in [0.1, 0.15) is 12.3 Å². The van der Waals surface area contributed by atoms with Crippen molar-refractivity contribution in [1.82, 2.24) is 14.2 Å². The number of benzene rings is 4. The first-order valence-electron chi connectivity index (χ1n) is 14.9. The van der Waals surface area contributed by atoms with Crippen LogP contribution in [0.5, 0.6) is 5.75 Å². The Labute approximate surface area is 261 Å². The van der Waals surface area contributed by atoms with Crippen molar-refractivity contribution in [3.63, 3.8) is 0 Å². The number of carbonyl (C=O) groups is 1. The predicted molar refractivity (Wildman–Crippen MR) is 182 cm³/mol. The first-order chi connectivity index (χ1) is 21.7. The lowest BCUT2D eigenvalue weighted by Crippen LogP contribution is -2.21. The van der Waals surface area contributed by atoms with Gasteiger partial charge in [-0.05, 0) is 73.4 Å². The van der Waals surface area contributed by atoms with Crippen molar-refractivity contribution in [2.75, 3.05) is 12.4 Å². The zero-order chi connectivity index (χ0) is 31.7. The highest BCUT2D eigenvalue weighted by atomic mass is 16.5. The topological polar surface area (TPSA) is 90.5 Å². The summed E-state index contributed by atoms with van der Waals surface area (Å²) >= 11 is 0. The van der Waals surface area contributed by atoms with Crippen molar-refractivity contribution < 1.29 is 9.53 Å². The third-order valence-electron chi connectivity index (χ3n) is 7.97. The fourth-order valence-electron chi connectivity index (χ4n) is 5.59. The molecular weight excluding hydrogens is 562 g/mol. The van der Waals surface area contributed by atoms with E-state index in [1.807, 2.05) is 103 Å². The average Bonchev–Trinajstić information content (AvgIpc) is 3.38. The van der Waals surface area contributed by atoms with Crippen LogP contribution in [0.25, 0.3) is 33.2 Å². The number of methoxy groups -OCH3 is 1. The van der Waals surface area contributed by atoms with Gasteiger partial charge in [0.2, 0.25) is 5.91 Å². The number of fused-ring (bicyclic) bond motifs is 2. The summed E-state index contributed by atoms with van der Waals surface area (Å²) in [5.41, 5.74) is 6.59. The maximum atomic E-state index is 13.9. The highest BCUT2D eigenvalue weighted by molar-refractivity contribution is 6.00. The molecule has 6 aromatic rings. The second kappa shape index (κ2) is 12.2. The van der Waals surface area contributed by atoms with Crippen LogP contribution in [0.3, 0.4) is 0 Å². The minimum Gasteiger partial charge on any atom is -0.496 e. The number of anilines is 1. The van der Waals surface area contributed by atoms with Gasteiger partial charge in [-0.15, -0.1) is 0 Å². The van der Waals surface area contributed by atoms with E-state index in [9.17, 15) is 9.59 Å². The van der Waals surface area contributed by atoms with Gasteiger partial charge in [0.05, 0.1) is 24.2 Å². The van der Waals surface area contributed by atoms with Gasteiger partial charge >= 0.3 is 0 Å². The van der Waals surface area contributed by atoms with E-state index >= 15 is 0 Å². The molecular formula is C37H35N5O3. The second-order valence-electron chi connectivity index (χ2n) is 11.5. The second-order valence-corrected chi connectivity index (χ2v) is 11.5. The van der Waals surface area contributed by atoms with Crippen LogP contribution < -0.4 is 15.6 Å². The summed E-state index contributed by atoms with van der Waals surface area (Å²) in [6.07, 6.45) is 3.55. The predicted octanol–water partition coefficient (Wildman–Crippen LogP) is 7.29. The van der Waals surface area contributed by atoms with E-state index in [1.165, 1.54) is 4.68 Å². The Hall–Kier alpha value is -5.50. The molecule has 6 rings (SSSR count). The van der Waals surface area contributed by atoms with Gasteiger partial charge in [-0.2, -0.15) is 9.78 Å². The van der Waals surface area contributed by atoms with E-state index in [-0.39, 0.29) is 23.9 Å². The quantitative estimate of drug-likeness (QED) is 0.187. The van der Waals surface area contributed by atoms with Crippen LogP contribution in [-0.2, 0) is 11.3 Å². The molecule has 2 heterocycles. The van der Waals surface area contributed by atoms with Crippen molar-refractivity contribution in [2.45, 2.75) is 40.2 Å². The molecule has 0 fully saturated rings. The van der Waals surface area contributed by atoms with Crippen LogP contribution >= 0.6 is 0 Å². The number of rotatable bonds is 8. The highest BCUT2D eigenvalue weighted by Gasteiger charge is 2.19. The largest absolute Gasteiger partial charge is 0.496 e. The maximum absolute atomic E-state index is 13.9. The number of ether oxygens (including phenoxy) is 1. The van der Waals surface area contributed by atoms with Crippen molar-refractivity contribution in [1.29, 1.82) is 0 Å². The number of nitrogens with zero attached hydrogens (tertiary/aromatic N) is 4. The van der Waals surface area contributed by atoms with Crippen LogP contribution in [0.15, 0.2) is 101 Å². The molecule has 8 heteroatoms. The number of carbonyl (C=O) groups excluding carboxylic acids is 1. The van der Waals surface area contributed by atoms with Gasteiger partial charge < -0.3 is 14.6 Å². The molecule has 0 unspecified atom stereocenters. The Balaban J connectivity index is 1.44. The number of hydrogen-bond acceptors (Lipinski definition) is 5. The minimum atomic E-state index is -0.269. The SMILES string of the molecule is COc1cc(C)c(-c2nc3ccccc3c(=O)n2N=Cc2cn(CC(=O)Nc3ccc(C)cc3)c3ccccc23)cc1C(C)C. The summed E-state index contributed by atoms with van der Waals surface area (Å²) in [6, 6.07) is 26.9. The number of aromatic nitrogens is 3. The van der Waals surface area contributed by atoms with Crippen molar-refractivity contribution >= 4 is 39.6 Å². The molecule has 8 nitrogen and oxygen atoms in total. The number of para-hydroxylation sites is 2. The van der Waals surface area contributed by atoms with E-state index in [2.05, 4.69) is 19.2 Å². The average molecular weight is 598 g/mol. The van der Waals surface area contributed by atoms with Gasteiger partial charge in [-0.1, -0.05) is 61.9 Å². The fourth-order valence-corrected chi connectivity index (χ4v) is 5.59. The zero-order valence-corrected chi connectivity index (χ0v) is 26.0. The summed E-state index contributed by atoms with van der Waals surface area (Å²) in [4.78, 5) is 31.9. The van der Waals surface area contributed by atoms with Gasteiger partial charge in [-0.25, -0.2) is 4.98 Å². The Morgan fingerprint density at radius 2 is 1.69 bits per heavy atom. The standard InChI is InChI=1S/C37H35N5O3/c1-23(2)30-19-31(25(4)18-34(30)45-5)36-40-32-12-8-6-11-29(32)37(44)42(36)38-20-26-21-41(33-13-9-7-10-28(26)33)22-35(43)39-27-16-14-24(3)15-17-27/h6-21,23H,22H2,1-5H3,(H,39,43). The van der Waals surface area contributed by atoms with Gasteiger partial charge in [0.25, 0.3) is 5.56 Å². The number of aryl methyl sites for hydroxylation is 2. The van der Waals surface area contributed by atoms with Crippen LogP contribution in [0.1, 0.15) is 42.0 Å². The molecule has 1 amide bonds. The highest BCUT2D eigenvalue weighted by Crippen LogP contribution is 2.34. The summed E-state index contributed by atoms with van der Waals surface area (Å²) in [7, 11) is 1.66. The normalized spacial score (nSPS) is 11.6. The number of nitrogens with one attached hydrogen (secondary N) is 1. The Kier molecular flexibility index (Phi) is 8.04. The molecule has 0 aliphatic rings. The van der Waals surface area contributed by atoms with Crippen molar-refractivity contribution in [3.8, 4) is 17.1 Å². The summed E-state index contributed by atoms with van der Waals surface area (Å²) in [5, 5.41) is 9.11. The Morgan fingerprint density at radius 3 is 2.42 bits per heavy atom. The fraction of sp³-hybridized carbons (Fsp3) is 0.189. The summed E-state index contributed by atoms with van der Waals surface area (Å²) in [6.45, 7) is 8.31. The van der Waals surface area contributed by atoms with Gasteiger partial charge in [0.15, 0.2) is 5.82 Å². The number of hydrogen-bond donors (Lipinski definition) is 1. The molecule has 0 spiro atoms. The van der Waals surface area contributed by atoms with Crippen LogP contribution in [0.2, 0.25) is 0 Å². The minimum absolute atomic E-state index is 0.119. The monoisotopic (exact) mass is 597 g/mol. The lowest BCUT2D eigenvalue weighted by Gasteiger charge is -2.17. The Morgan fingerprint density at radius 1 is 0.978 bits per heavy atom. The zero-order valence-electron chi connectivity index (χ0n) is 26.0. The lowest BCUT2D eigenvalue weighted by atomic mass is 9.96. The third-order valence-corrected chi connectivity index (χ3v) is 7.97. The molecule has 4 aromatic carbocycles. The third kappa shape index (κ3) is 5.87. The van der Waals surface area contributed by atoms with Crippen LogP contribution in [0.4, 0.5) is 5.69 Å². The first kappa shape index (κ1) is 29.6. The molecule has 1 N–H and O–H groups in total. The molecule has 0 saturated heterocycles. The van der Waals surface area contributed by atoms with Crippen molar-refractivity contribution in [2.24, 2.45) is 5.10 Å². The lowest BCUT2D eigenvalue weighted by molar-refractivity contribution is -0.116. The van der Waals surface area contributed by atoms with Crippen LogP contribution in [0, 0.1) is 13.8 Å². The van der Waals surface area contributed by atoms with Crippen molar-refractivity contribution in [3.05, 3.63) is 124 Å². The van der Waals surface area contributed by atoms with E-state index in [1.54, 1.807) is 19.4 Å². The van der Waals surface area contributed by atoms with E-state index < -0.39 is 0 Å². The smallest absolute Gasteiger partial charge is 0.282 e. The first-order valence-corrected chi connectivity index (χ1v) is 14.9.